The Hall–Kier alpha value is -2.64. The van der Waals surface area contributed by atoms with Gasteiger partial charge in [-0.1, -0.05) is 18.2 Å². The molecule has 0 unspecified atom stereocenters. The average Bonchev–Trinajstić information content (AvgIpc) is 3.32. The smallest absolute Gasteiger partial charge is 0.123 e. The molecule has 0 atom stereocenters. The molecule has 0 saturated carbocycles. The van der Waals surface area contributed by atoms with E-state index in [0.29, 0.717) is 6.42 Å². The maximum Gasteiger partial charge on any atom is 0.123 e. The summed E-state index contributed by atoms with van der Waals surface area (Å²) in [6.45, 7) is 3.99. The first-order valence-electron chi connectivity index (χ1n) is 9.39. The number of nitriles is 1. The number of hydrogen-bond acceptors (Lipinski definition) is 4. The summed E-state index contributed by atoms with van der Waals surface area (Å²) in [5.41, 5.74) is 6.25. The first-order valence-corrected chi connectivity index (χ1v) is 10.2. The van der Waals surface area contributed by atoms with Crippen molar-refractivity contribution in [1.29, 1.82) is 5.26 Å². The van der Waals surface area contributed by atoms with Gasteiger partial charge in [0.25, 0.3) is 0 Å². The van der Waals surface area contributed by atoms with Gasteiger partial charge in [0.05, 0.1) is 23.5 Å². The van der Waals surface area contributed by atoms with E-state index < -0.39 is 0 Å². The van der Waals surface area contributed by atoms with Crippen LogP contribution in [0.15, 0.2) is 42.6 Å². The number of thiazole rings is 1. The van der Waals surface area contributed by atoms with Crippen LogP contribution in [0.1, 0.15) is 37.0 Å². The predicted octanol–water partition coefficient (Wildman–Crippen LogP) is 5.82. The zero-order valence-electron chi connectivity index (χ0n) is 15.7. The molecule has 1 heterocycles. The van der Waals surface area contributed by atoms with Gasteiger partial charge in [-0.15, -0.1) is 11.3 Å². The van der Waals surface area contributed by atoms with Crippen LogP contribution >= 0.6 is 11.3 Å². The fourth-order valence-electron chi connectivity index (χ4n) is 3.69. The fraction of sp³-hybridized carbons (Fsp3) is 0.304. The van der Waals surface area contributed by atoms with E-state index >= 15 is 0 Å². The minimum atomic E-state index is 0.0833. The third-order valence-electron chi connectivity index (χ3n) is 4.86. The van der Waals surface area contributed by atoms with E-state index in [9.17, 15) is 0 Å². The number of benzene rings is 2. The van der Waals surface area contributed by atoms with E-state index in [1.54, 1.807) is 11.3 Å². The summed E-state index contributed by atoms with van der Waals surface area (Å²) in [6, 6.07) is 14.9. The maximum atomic E-state index is 9.16. The van der Waals surface area contributed by atoms with Gasteiger partial charge < -0.3 is 4.74 Å². The van der Waals surface area contributed by atoms with Gasteiger partial charge in [-0.2, -0.15) is 5.26 Å². The molecular formula is C23H22N2OS. The molecule has 3 aromatic rings. The van der Waals surface area contributed by atoms with Gasteiger partial charge in [0.2, 0.25) is 0 Å². The van der Waals surface area contributed by atoms with Crippen molar-refractivity contribution in [1.82, 2.24) is 4.98 Å². The Bertz CT molecular complexity index is 1010. The van der Waals surface area contributed by atoms with E-state index in [4.69, 9.17) is 10.00 Å². The second-order valence-corrected chi connectivity index (χ2v) is 8.18. The van der Waals surface area contributed by atoms with Crippen LogP contribution in [0.25, 0.3) is 21.0 Å². The van der Waals surface area contributed by atoms with E-state index in [-0.39, 0.29) is 6.10 Å². The van der Waals surface area contributed by atoms with Gasteiger partial charge in [-0.05, 0) is 68.0 Å². The Kier molecular flexibility index (Phi) is 4.96. The lowest BCUT2D eigenvalue weighted by Gasteiger charge is -2.13. The second-order valence-electron chi connectivity index (χ2n) is 7.15. The molecule has 0 fully saturated rings. The van der Waals surface area contributed by atoms with Gasteiger partial charge in [0, 0.05) is 17.3 Å². The maximum absolute atomic E-state index is 9.16. The SMILES string of the molecule is CC(C)Oc1ccc(-c2ncc(-c3cccc4c3CCC4)s2)cc1CC#N. The molecule has 0 radical (unpaired) electrons. The third kappa shape index (κ3) is 3.61. The summed E-state index contributed by atoms with van der Waals surface area (Å²) < 4.78 is 5.85. The summed E-state index contributed by atoms with van der Waals surface area (Å²) >= 11 is 1.72. The highest BCUT2D eigenvalue weighted by Gasteiger charge is 2.17. The molecule has 0 bridgehead atoms. The van der Waals surface area contributed by atoms with Gasteiger partial charge in [0.15, 0.2) is 0 Å². The number of ether oxygens (including phenoxy) is 1. The molecule has 4 rings (SSSR count). The van der Waals surface area contributed by atoms with Crippen LogP contribution in [-0.4, -0.2) is 11.1 Å². The zero-order chi connectivity index (χ0) is 18.8. The average molecular weight is 375 g/mol. The Morgan fingerprint density at radius 3 is 2.93 bits per heavy atom. The summed E-state index contributed by atoms with van der Waals surface area (Å²) in [7, 11) is 0. The minimum absolute atomic E-state index is 0.0833. The molecule has 1 aliphatic carbocycles. The number of fused-ring (bicyclic) bond motifs is 1. The topological polar surface area (TPSA) is 45.9 Å². The molecule has 2 aromatic carbocycles. The first kappa shape index (κ1) is 17.8. The standard InChI is InChI=1S/C23H22N2OS/c1-15(2)26-21-10-9-18(13-17(21)11-12-24)23-25-14-22(27-23)20-8-4-6-16-5-3-7-19(16)20/h4,6,8-10,13-15H,3,5,7,11H2,1-2H3. The zero-order valence-corrected chi connectivity index (χ0v) is 16.5. The van der Waals surface area contributed by atoms with Crippen LogP contribution in [0.2, 0.25) is 0 Å². The van der Waals surface area contributed by atoms with Crippen LogP contribution in [0, 0.1) is 11.3 Å². The van der Waals surface area contributed by atoms with Crippen molar-refractivity contribution in [2.24, 2.45) is 0 Å². The van der Waals surface area contributed by atoms with E-state index in [1.807, 2.05) is 38.2 Å². The highest BCUT2D eigenvalue weighted by molar-refractivity contribution is 7.18. The largest absolute Gasteiger partial charge is 0.491 e. The Balaban J connectivity index is 1.69. The lowest BCUT2D eigenvalue weighted by molar-refractivity contribution is 0.240. The molecule has 1 aromatic heterocycles. The fourth-order valence-corrected chi connectivity index (χ4v) is 4.65. The number of aromatic nitrogens is 1. The molecule has 3 nitrogen and oxygen atoms in total. The van der Waals surface area contributed by atoms with Crippen LogP contribution in [0.4, 0.5) is 0 Å². The predicted molar refractivity (Wildman–Crippen MR) is 110 cm³/mol. The lowest BCUT2D eigenvalue weighted by atomic mass is 10.0. The van der Waals surface area contributed by atoms with Crippen molar-refractivity contribution in [3.05, 3.63) is 59.3 Å². The van der Waals surface area contributed by atoms with Crippen molar-refractivity contribution in [3.63, 3.8) is 0 Å². The van der Waals surface area contributed by atoms with Crippen molar-refractivity contribution in [2.75, 3.05) is 0 Å². The minimum Gasteiger partial charge on any atom is -0.491 e. The molecule has 0 spiro atoms. The Morgan fingerprint density at radius 2 is 2.11 bits per heavy atom. The molecule has 4 heteroatoms. The lowest BCUT2D eigenvalue weighted by Crippen LogP contribution is -2.07. The molecule has 0 amide bonds. The molecular weight excluding hydrogens is 352 g/mol. The number of nitrogens with zero attached hydrogens (tertiary/aromatic N) is 2. The van der Waals surface area contributed by atoms with Crippen molar-refractivity contribution < 1.29 is 4.74 Å². The van der Waals surface area contributed by atoms with Crippen molar-refractivity contribution in [3.8, 4) is 32.8 Å². The van der Waals surface area contributed by atoms with Gasteiger partial charge in [-0.25, -0.2) is 4.98 Å². The van der Waals surface area contributed by atoms with Crippen LogP contribution in [0.5, 0.6) is 5.75 Å². The summed E-state index contributed by atoms with van der Waals surface area (Å²) in [4.78, 5) is 5.89. The Labute approximate surface area is 164 Å². The van der Waals surface area contributed by atoms with E-state index in [1.165, 1.54) is 34.4 Å². The molecule has 0 aliphatic heterocycles. The summed E-state index contributed by atoms with van der Waals surface area (Å²) in [6.07, 6.45) is 5.99. The van der Waals surface area contributed by atoms with Gasteiger partial charge >= 0.3 is 0 Å². The molecule has 1 aliphatic rings. The van der Waals surface area contributed by atoms with Crippen LogP contribution in [0.3, 0.4) is 0 Å². The molecule has 0 N–H and O–H groups in total. The highest BCUT2D eigenvalue weighted by Crippen LogP contribution is 2.38. The van der Waals surface area contributed by atoms with Crippen LogP contribution in [-0.2, 0) is 19.3 Å². The molecule has 0 saturated heterocycles. The number of aryl methyl sites for hydroxylation is 1. The quantitative estimate of drug-likeness (QED) is 0.565. The van der Waals surface area contributed by atoms with Gasteiger partial charge in [-0.3, -0.25) is 0 Å². The molecule has 27 heavy (non-hydrogen) atoms. The summed E-state index contributed by atoms with van der Waals surface area (Å²) in [5.74, 6) is 0.785. The van der Waals surface area contributed by atoms with Crippen LogP contribution < -0.4 is 4.74 Å². The van der Waals surface area contributed by atoms with Gasteiger partial charge in [0.1, 0.15) is 10.8 Å². The first-order chi connectivity index (χ1) is 13.2. The third-order valence-corrected chi connectivity index (χ3v) is 5.94. The monoisotopic (exact) mass is 374 g/mol. The number of hydrogen-bond donors (Lipinski definition) is 0. The summed E-state index contributed by atoms with van der Waals surface area (Å²) in [5, 5.41) is 10.1. The highest BCUT2D eigenvalue weighted by atomic mass is 32.1. The number of rotatable bonds is 5. The second kappa shape index (κ2) is 7.54. The normalized spacial score (nSPS) is 12.8. The Morgan fingerprint density at radius 1 is 1.22 bits per heavy atom. The van der Waals surface area contributed by atoms with Crippen molar-refractivity contribution >= 4 is 11.3 Å². The molecule has 136 valence electrons. The van der Waals surface area contributed by atoms with E-state index in [2.05, 4.69) is 29.3 Å². The van der Waals surface area contributed by atoms with Crippen molar-refractivity contribution in [2.45, 2.75) is 45.6 Å². The van der Waals surface area contributed by atoms with E-state index in [0.717, 1.165) is 28.3 Å².